The van der Waals surface area contributed by atoms with Crippen molar-refractivity contribution in [3.63, 3.8) is 0 Å². The summed E-state index contributed by atoms with van der Waals surface area (Å²) >= 11 is 0. The minimum Gasteiger partial charge on any atom is -0.398 e. The molecule has 0 fully saturated rings. The third-order valence-corrected chi connectivity index (χ3v) is 5.35. The minimum atomic E-state index is -0.321. The SMILES string of the molecule is CN(C)C(=O)c1cc(N)c(C#N)cc1C=O.COCCCNc1nc(NCCCOC)c(C#N)c(C)c1N. The molecule has 0 saturated carbocycles. The first-order chi connectivity index (χ1) is 18.2. The lowest BCUT2D eigenvalue weighted by atomic mass is 10.0. The van der Waals surface area contributed by atoms with Crippen LogP contribution in [0.15, 0.2) is 12.1 Å². The van der Waals surface area contributed by atoms with Gasteiger partial charge in [0.25, 0.3) is 5.91 Å². The number of nitrogen functional groups attached to an aromatic ring is 2. The lowest BCUT2D eigenvalue weighted by Crippen LogP contribution is -2.23. The van der Waals surface area contributed by atoms with E-state index in [1.54, 1.807) is 28.3 Å². The molecule has 0 aliphatic rings. The molecule has 0 aliphatic heterocycles. The molecule has 2 aromatic rings. The van der Waals surface area contributed by atoms with Gasteiger partial charge in [-0.3, -0.25) is 9.59 Å². The number of aldehydes is 1. The maximum Gasteiger partial charge on any atom is 0.254 e. The van der Waals surface area contributed by atoms with Crippen molar-refractivity contribution in [2.24, 2.45) is 0 Å². The van der Waals surface area contributed by atoms with Crippen molar-refractivity contribution in [1.82, 2.24) is 9.88 Å². The molecule has 204 valence electrons. The van der Waals surface area contributed by atoms with Crippen LogP contribution in [0.5, 0.6) is 0 Å². The van der Waals surface area contributed by atoms with E-state index in [1.165, 1.54) is 17.0 Å². The fourth-order valence-electron chi connectivity index (χ4n) is 3.22. The molecule has 1 amide bonds. The van der Waals surface area contributed by atoms with Gasteiger partial charge in [-0.15, -0.1) is 0 Å². The zero-order valence-corrected chi connectivity index (χ0v) is 22.6. The molecule has 2 rings (SSSR count). The Morgan fingerprint density at radius 2 is 1.63 bits per heavy atom. The molecule has 0 bridgehead atoms. The number of hydrogen-bond donors (Lipinski definition) is 4. The topological polar surface area (TPSA) is 192 Å². The number of carbonyl (C=O) groups excluding carboxylic acids is 2. The molecule has 0 spiro atoms. The van der Waals surface area contributed by atoms with Gasteiger partial charge in [-0.2, -0.15) is 10.5 Å². The summed E-state index contributed by atoms with van der Waals surface area (Å²) in [7, 11) is 6.48. The molecule has 1 aromatic heterocycles. The Morgan fingerprint density at radius 3 is 2.11 bits per heavy atom. The van der Waals surface area contributed by atoms with Crippen molar-refractivity contribution in [2.75, 3.05) is 76.7 Å². The average Bonchev–Trinajstić information content (AvgIpc) is 2.91. The Hall–Kier alpha value is -4.39. The van der Waals surface area contributed by atoms with Crippen molar-refractivity contribution < 1.29 is 19.1 Å². The molecule has 0 saturated heterocycles. The quantitative estimate of drug-likeness (QED) is 0.181. The Kier molecular flexibility index (Phi) is 13.6. The van der Waals surface area contributed by atoms with Crippen molar-refractivity contribution >= 4 is 35.2 Å². The summed E-state index contributed by atoms with van der Waals surface area (Å²) in [5.74, 6) is 0.833. The number of nitriles is 2. The molecule has 12 heteroatoms. The number of benzene rings is 1. The lowest BCUT2D eigenvalue weighted by Gasteiger charge is -2.15. The van der Waals surface area contributed by atoms with Crippen LogP contribution in [0.25, 0.3) is 0 Å². The molecule has 0 unspecified atom stereocenters. The minimum absolute atomic E-state index is 0.171. The van der Waals surface area contributed by atoms with Gasteiger partial charge in [0.05, 0.1) is 28.1 Å². The van der Waals surface area contributed by atoms with E-state index >= 15 is 0 Å². The number of amides is 1. The predicted molar refractivity (Wildman–Crippen MR) is 147 cm³/mol. The van der Waals surface area contributed by atoms with E-state index < -0.39 is 0 Å². The summed E-state index contributed by atoms with van der Waals surface area (Å²) in [5, 5.41) is 24.4. The highest BCUT2D eigenvalue weighted by Crippen LogP contribution is 2.28. The number of nitrogens with two attached hydrogens (primary N) is 2. The van der Waals surface area contributed by atoms with Gasteiger partial charge < -0.3 is 36.5 Å². The van der Waals surface area contributed by atoms with Crippen LogP contribution in [-0.2, 0) is 9.47 Å². The Morgan fingerprint density at radius 1 is 1.05 bits per heavy atom. The second-order valence-corrected chi connectivity index (χ2v) is 8.34. The normalized spacial score (nSPS) is 9.87. The Balaban J connectivity index is 0.000000399. The number of pyridine rings is 1. The first kappa shape index (κ1) is 31.6. The van der Waals surface area contributed by atoms with Crippen LogP contribution >= 0.6 is 0 Å². The van der Waals surface area contributed by atoms with Crippen LogP contribution in [0.1, 0.15) is 50.2 Å². The maximum atomic E-state index is 11.7. The van der Waals surface area contributed by atoms with Crippen LogP contribution in [0, 0.1) is 29.6 Å². The van der Waals surface area contributed by atoms with E-state index in [0.717, 1.165) is 18.4 Å². The van der Waals surface area contributed by atoms with Crippen molar-refractivity contribution in [3.05, 3.63) is 39.9 Å². The van der Waals surface area contributed by atoms with Crippen LogP contribution in [0.3, 0.4) is 0 Å². The summed E-state index contributed by atoms with van der Waals surface area (Å²) in [6.07, 6.45) is 2.23. The van der Waals surface area contributed by atoms with Gasteiger partial charge in [-0.1, -0.05) is 0 Å². The van der Waals surface area contributed by atoms with E-state index in [9.17, 15) is 14.9 Å². The number of anilines is 4. The van der Waals surface area contributed by atoms with Crippen molar-refractivity contribution in [1.29, 1.82) is 10.5 Å². The van der Waals surface area contributed by atoms with Gasteiger partial charge in [0, 0.05) is 60.2 Å². The van der Waals surface area contributed by atoms with Crippen molar-refractivity contribution in [3.8, 4) is 12.1 Å². The molecule has 0 aliphatic carbocycles. The van der Waals surface area contributed by atoms with Gasteiger partial charge >= 0.3 is 0 Å². The summed E-state index contributed by atoms with van der Waals surface area (Å²) in [6, 6.07) is 6.69. The lowest BCUT2D eigenvalue weighted by molar-refractivity contribution is 0.0824. The van der Waals surface area contributed by atoms with Crippen LogP contribution in [0.4, 0.5) is 23.0 Å². The van der Waals surface area contributed by atoms with Gasteiger partial charge in [-0.25, -0.2) is 4.98 Å². The molecular weight excluding hydrogens is 488 g/mol. The summed E-state index contributed by atoms with van der Waals surface area (Å²) in [4.78, 5) is 28.3. The number of hydrogen-bond acceptors (Lipinski definition) is 11. The largest absolute Gasteiger partial charge is 0.398 e. The number of methoxy groups -OCH3 is 2. The monoisotopic (exact) mass is 524 g/mol. The van der Waals surface area contributed by atoms with Gasteiger partial charge in [0.15, 0.2) is 12.1 Å². The highest BCUT2D eigenvalue weighted by Gasteiger charge is 2.16. The number of carbonyl (C=O) groups is 2. The number of nitrogens with one attached hydrogen (secondary N) is 2. The number of aromatic nitrogens is 1. The zero-order chi connectivity index (χ0) is 28.7. The fraction of sp³-hybridized carbons (Fsp3) is 0.423. The molecule has 1 heterocycles. The molecule has 1 aromatic carbocycles. The average molecular weight is 525 g/mol. The second-order valence-electron chi connectivity index (χ2n) is 8.34. The van der Waals surface area contributed by atoms with Crippen LogP contribution in [-0.4, -0.2) is 76.7 Å². The maximum absolute atomic E-state index is 11.7. The van der Waals surface area contributed by atoms with Gasteiger partial charge in [0.2, 0.25) is 0 Å². The van der Waals surface area contributed by atoms with E-state index in [-0.39, 0.29) is 28.3 Å². The fourth-order valence-corrected chi connectivity index (χ4v) is 3.22. The van der Waals surface area contributed by atoms with E-state index in [2.05, 4.69) is 21.7 Å². The standard InChI is InChI=1S/C15H25N5O2.C11H11N3O2/c1-11-12(10-16)14(18-6-4-8-21-2)20-15(13(11)17)19-7-5-9-22-3;1-14(2)11(16)9-4-10(13)7(5-12)3-8(9)6-15/h4-9,17H2,1-3H3,(H2,18,19,20);3-4,6H,13H2,1-2H3. The van der Waals surface area contributed by atoms with E-state index in [1.807, 2.05) is 13.0 Å². The van der Waals surface area contributed by atoms with Gasteiger partial charge in [-0.05, 0) is 37.5 Å². The molecule has 0 radical (unpaired) electrons. The van der Waals surface area contributed by atoms with E-state index in [4.69, 9.17) is 26.2 Å². The van der Waals surface area contributed by atoms with Crippen LogP contribution < -0.4 is 22.1 Å². The summed E-state index contributed by atoms with van der Waals surface area (Å²) in [6.45, 7) is 4.55. The third-order valence-electron chi connectivity index (χ3n) is 5.35. The predicted octanol–water partition coefficient (Wildman–Crippen LogP) is 2.40. The molecule has 6 N–H and O–H groups in total. The highest BCUT2D eigenvalue weighted by molar-refractivity contribution is 6.02. The zero-order valence-electron chi connectivity index (χ0n) is 22.6. The number of ether oxygens (including phenoxy) is 2. The number of rotatable bonds is 12. The van der Waals surface area contributed by atoms with Gasteiger partial charge in [0.1, 0.15) is 18.0 Å². The summed E-state index contributed by atoms with van der Waals surface area (Å²) in [5.41, 5.74) is 14.1. The van der Waals surface area contributed by atoms with Crippen molar-refractivity contribution in [2.45, 2.75) is 19.8 Å². The Labute approximate surface area is 223 Å². The second kappa shape index (κ2) is 16.4. The molecular formula is C26H36N8O4. The molecule has 12 nitrogen and oxygen atoms in total. The molecule has 38 heavy (non-hydrogen) atoms. The third kappa shape index (κ3) is 8.92. The smallest absolute Gasteiger partial charge is 0.254 e. The summed E-state index contributed by atoms with van der Waals surface area (Å²) < 4.78 is 10.0. The Bertz CT molecular complexity index is 1190. The molecule has 0 atom stereocenters. The number of nitrogens with zero attached hydrogens (tertiary/aromatic N) is 4. The van der Waals surface area contributed by atoms with E-state index in [0.29, 0.717) is 55.5 Å². The highest BCUT2D eigenvalue weighted by atomic mass is 16.5. The van der Waals surface area contributed by atoms with Crippen LogP contribution in [0.2, 0.25) is 0 Å². The first-order valence-electron chi connectivity index (χ1n) is 11.8. The first-order valence-corrected chi connectivity index (χ1v) is 11.8.